The van der Waals surface area contributed by atoms with Crippen LogP contribution in [0.25, 0.3) is 0 Å². The van der Waals surface area contributed by atoms with Gasteiger partial charge in [-0.2, -0.15) is 0 Å². The van der Waals surface area contributed by atoms with Gasteiger partial charge in [0.1, 0.15) is 4.99 Å². The molecule has 1 aliphatic rings. The standard InChI is InChI=1S/C21H26N2S/c1-16(2)18-8-10-19(11-9-18)21(24)23-14-12-22(13-15-23)20-7-5-4-6-17(20)3/h4-11,16H,12-15H2,1-3H3. The van der Waals surface area contributed by atoms with Crippen LogP contribution >= 0.6 is 12.2 Å². The highest BCUT2D eigenvalue weighted by atomic mass is 32.1. The molecule has 0 aromatic heterocycles. The summed E-state index contributed by atoms with van der Waals surface area (Å²) in [6, 6.07) is 17.4. The summed E-state index contributed by atoms with van der Waals surface area (Å²) in [5, 5.41) is 0. The van der Waals surface area contributed by atoms with Crippen LogP contribution in [0.2, 0.25) is 0 Å². The molecular weight excluding hydrogens is 312 g/mol. The summed E-state index contributed by atoms with van der Waals surface area (Å²) in [7, 11) is 0. The van der Waals surface area contributed by atoms with Crippen molar-refractivity contribution in [3.63, 3.8) is 0 Å². The largest absolute Gasteiger partial charge is 0.368 e. The Morgan fingerprint density at radius 3 is 2.12 bits per heavy atom. The number of thiocarbonyl (C=S) groups is 1. The molecule has 0 unspecified atom stereocenters. The maximum absolute atomic E-state index is 5.74. The van der Waals surface area contributed by atoms with E-state index in [0.29, 0.717) is 5.92 Å². The number of benzene rings is 2. The number of hydrogen-bond donors (Lipinski definition) is 0. The minimum Gasteiger partial charge on any atom is -0.368 e. The van der Waals surface area contributed by atoms with Crippen molar-refractivity contribution in [3.05, 3.63) is 65.2 Å². The highest BCUT2D eigenvalue weighted by Gasteiger charge is 2.20. The Hall–Kier alpha value is -1.87. The number of aryl methyl sites for hydroxylation is 1. The Balaban J connectivity index is 1.64. The van der Waals surface area contributed by atoms with Gasteiger partial charge in [-0.1, -0.05) is 68.5 Å². The molecule has 2 aromatic carbocycles. The van der Waals surface area contributed by atoms with E-state index >= 15 is 0 Å². The number of para-hydroxylation sites is 1. The number of hydrogen-bond acceptors (Lipinski definition) is 2. The molecule has 24 heavy (non-hydrogen) atoms. The van der Waals surface area contributed by atoms with E-state index in [1.165, 1.54) is 22.4 Å². The fourth-order valence-electron chi connectivity index (χ4n) is 3.26. The van der Waals surface area contributed by atoms with Gasteiger partial charge in [-0.05, 0) is 30.0 Å². The van der Waals surface area contributed by atoms with Gasteiger partial charge in [0.15, 0.2) is 0 Å². The fraction of sp³-hybridized carbons (Fsp3) is 0.381. The lowest BCUT2D eigenvalue weighted by atomic mass is 10.0. The molecule has 0 spiro atoms. The SMILES string of the molecule is Cc1ccccc1N1CCN(C(=S)c2ccc(C(C)C)cc2)CC1. The number of nitrogens with zero attached hydrogens (tertiary/aromatic N) is 2. The molecule has 3 heteroatoms. The van der Waals surface area contributed by atoms with Crippen LogP contribution in [0.4, 0.5) is 5.69 Å². The zero-order chi connectivity index (χ0) is 17.1. The van der Waals surface area contributed by atoms with Crippen LogP contribution in [0, 0.1) is 6.92 Å². The third kappa shape index (κ3) is 3.62. The molecule has 3 rings (SSSR count). The van der Waals surface area contributed by atoms with Crippen LogP contribution in [0.3, 0.4) is 0 Å². The zero-order valence-corrected chi connectivity index (χ0v) is 15.6. The van der Waals surface area contributed by atoms with Crippen molar-refractivity contribution < 1.29 is 0 Å². The summed E-state index contributed by atoms with van der Waals surface area (Å²) in [5.41, 5.74) is 5.23. The van der Waals surface area contributed by atoms with E-state index in [1.807, 2.05) is 0 Å². The van der Waals surface area contributed by atoms with Crippen LogP contribution in [0.15, 0.2) is 48.5 Å². The highest BCUT2D eigenvalue weighted by Crippen LogP contribution is 2.22. The maximum Gasteiger partial charge on any atom is 0.109 e. The van der Waals surface area contributed by atoms with Gasteiger partial charge in [-0.15, -0.1) is 0 Å². The first-order chi connectivity index (χ1) is 11.6. The van der Waals surface area contributed by atoms with E-state index in [9.17, 15) is 0 Å². The van der Waals surface area contributed by atoms with Gasteiger partial charge in [0.05, 0.1) is 0 Å². The molecule has 0 bridgehead atoms. The van der Waals surface area contributed by atoms with Gasteiger partial charge < -0.3 is 9.80 Å². The quantitative estimate of drug-likeness (QED) is 0.754. The molecule has 0 saturated carbocycles. The van der Waals surface area contributed by atoms with Crippen molar-refractivity contribution in [2.75, 3.05) is 31.1 Å². The first kappa shape index (κ1) is 17.0. The van der Waals surface area contributed by atoms with Crippen LogP contribution < -0.4 is 4.90 Å². The van der Waals surface area contributed by atoms with E-state index in [2.05, 4.69) is 79.1 Å². The molecular formula is C21H26N2S. The third-order valence-corrected chi connectivity index (χ3v) is 5.34. The molecule has 1 aliphatic heterocycles. The molecule has 1 heterocycles. The molecule has 0 radical (unpaired) electrons. The number of anilines is 1. The Kier molecular flexibility index (Phi) is 5.20. The lowest BCUT2D eigenvalue weighted by Gasteiger charge is -2.38. The molecule has 1 saturated heterocycles. The van der Waals surface area contributed by atoms with E-state index < -0.39 is 0 Å². The van der Waals surface area contributed by atoms with Gasteiger partial charge in [0.2, 0.25) is 0 Å². The summed E-state index contributed by atoms with van der Waals surface area (Å²) in [6.07, 6.45) is 0. The zero-order valence-electron chi connectivity index (χ0n) is 14.8. The second-order valence-corrected chi connectivity index (χ2v) is 7.23. The monoisotopic (exact) mass is 338 g/mol. The normalized spacial score (nSPS) is 15.0. The van der Waals surface area contributed by atoms with Crippen molar-refractivity contribution in [2.24, 2.45) is 0 Å². The van der Waals surface area contributed by atoms with Crippen LogP contribution in [-0.4, -0.2) is 36.1 Å². The molecule has 1 fully saturated rings. The first-order valence-electron chi connectivity index (χ1n) is 8.76. The molecule has 2 aromatic rings. The predicted molar refractivity (Wildman–Crippen MR) is 107 cm³/mol. The molecule has 126 valence electrons. The van der Waals surface area contributed by atoms with Crippen LogP contribution in [0.5, 0.6) is 0 Å². The van der Waals surface area contributed by atoms with E-state index in [-0.39, 0.29) is 0 Å². The van der Waals surface area contributed by atoms with Crippen molar-refractivity contribution >= 4 is 22.9 Å². The third-order valence-electron chi connectivity index (χ3n) is 4.85. The van der Waals surface area contributed by atoms with Crippen molar-refractivity contribution in [2.45, 2.75) is 26.7 Å². The Labute approximate surface area is 151 Å². The van der Waals surface area contributed by atoms with Crippen molar-refractivity contribution in [1.82, 2.24) is 4.90 Å². The lowest BCUT2D eigenvalue weighted by molar-refractivity contribution is 0.392. The summed E-state index contributed by atoms with van der Waals surface area (Å²) < 4.78 is 0. The molecule has 0 amide bonds. The summed E-state index contributed by atoms with van der Waals surface area (Å²) in [4.78, 5) is 5.79. The summed E-state index contributed by atoms with van der Waals surface area (Å²) >= 11 is 5.74. The average Bonchev–Trinajstić information content (AvgIpc) is 2.62. The smallest absolute Gasteiger partial charge is 0.109 e. The number of rotatable bonds is 3. The molecule has 0 atom stereocenters. The van der Waals surface area contributed by atoms with Crippen LogP contribution in [-0.2, 0) is 0 Å². The highest BCUT2D eigenvalue weighted by molar-refractivity contribution is 7.80. The summed E-state index contributed by atoms with van der Waals surface area (Å²) in [6.45, 7) is 10.6. The van der Waals surface area contributed by atoms with Crippen LogP contribution in [0.1, 0.15) is 36.5 Å². The Morgan fingerprint density at radius 1 is 0.917 bits per heavy atom. The summed E-state index contributed by atoms with van der Waals surface area (Å²) in [5.74, 6) is 0.560. The lowest BCUT2D eigenvalue weighted by Crippen LogP contribution is -2.48. The van der Waals surface area contributed by atoms with Gasteiger partial charge in [0.25, 0.3) is 0 Å². The Bertz CT molecular complexity index is 698. The van der Waals surface area contributed by atoms with Gasteiger partial charge >= 0.3 is 0 Å². The van der Waals surface area contributed by atoms with Crippen molar-refractivity contribution in [3.8, 4) is 0 Å². The topological polar surface area (TPSA) is 6.48 Å². The second-order valence-electron chi connectivity index (χ2n) is 6.84. The van der Waals surface area contributed by atoms with Gasteiger partial charge in [-0.25, -0.2) is 0 Å². The average molecular weight is 339 g/mol. The molecule has 0 aliphatic carbocycles. The van der Waals surface area contributed by atoms with E-state index in [1.54, 1.807) is 0 Å². The minimum absolute atomic E-state index is 0.560. The maximum atomic E-state index is 5.74. The minimum atomic E-state index is 0.560. The molecule has 0 N–H and O–H groups in total. The van der Waals surface area contributed by atoms with Gasteiger partial charge in [-0.3, -0.25) is 0 Å². The second kappa shape index (κ2) is 7.35. The van der Waals surface area contributed by atoms with Gasteiger partial charge in [0, 0.05) is 37.4 Å². The van der Waals surface area contributed by atoms with Crippen molar-refractivity contribution in [1.29, 1.82) is 0 Å². The number of piperazine rings is 1. The molecule has 2 nitrogen and oxygen atoms in total. The predicted octanol–water partition coefficient (Wildman–Crippen LogP) is 4.62. The van der Waals surface area contributed by atoms with E-state index in [4.69, 9.17) is 12.2 Å². The van der Waals surface area contributed by atoms with E-state index in [0.717, 1.165) is 31.2 Å². The Morgan fingerprint density at radius 2 is 1.54 bits per heavy atom. The fourth-order valence-corrected chi connectivity index (χ4v) is 3.58. The first-order valence-corrected chi connectivity index (χ1v) is 9.17.